The zero-order valence-corrected chi connectivity index (χ0v) is 18.2. The van der Waals surface area contributed by atoms with E-state index in [0.29, 0.717) is 43.6 Å². The molecular formula is C25H24ClFN4. The van der Waals surface area contributed by atoms with Crippen LogP contribution in [-0.4, -0.2) is 28.6 Å². The summed E-state index contributed by atoms with van der Waals surface area (Å²) < 4.78 is 16.1. The molecule has 0 spiro atoms. The van der Waals surface area contributed by atoms with Crippen LogP contribution >= 0.6 is 12.4 Å². The lowest BCUT2D eigenvalue weighted by atomic mass is 9.96. The smallest absolute Gasteiger partial charge is 0.157 e. The van der Waals surface area contributed by atoms with Crippen LogP contribution in [0.3, 0.4) is 0 Å². The molecule has 2 aromatic heterocycles. The number of rotatable bonds is 3. The Kier molecular flexibility index (Phi) is 5.84. The van der Waals surface area contributed by atoms with Crippen LogP contribution in [0.2, 0.25) is 0 Å². The lowest BCUT2D eigenvalue weighted by molar-refractivity contribution is 0.276. The van der Waals surface area contributed by atoms with Gasteiger partial charge in [0.15, 0.2) is 5.65 Å². The largest absolute Gasteiger partial charge is 0.357 e. The van der Waals surface area contributed by atoms with Crippen molar-refractivity contribution in [2.24, 2.45) is 0 Å². The quantitative estimate of drug-likeness (QED) is 0.420. The Morgan fingerprint density at radius 1 is 1.06 bits per heavy atom. The normalized spacial score (nSPS) is 14.5. The minimum absolute atomic E-state index is 0. The molecule has 5 rings (SSSR count). The van der Waals surface area contributed by atoms with E-state index in [0.717, 1.165) is 28.0 Å². The van der Waals surface area contributed by atoms with E-state index in [4.69, 9.17) is 4.98 Å². The molecule has 1 aliphatic heterocycles. The molecule has 1 fully saturated rings. The van der Waals surface area contributed by atoms with Gasteiger partial charge in [-0.05, 0) is 43.0 Å². The first kappa shape index (κ1) is 21.1. The number of nitrogens with zero attached hydrogens (tertiary/aromatic N) is 4. The highest BCUT2D eigenvalue weighted by atomic mass is 35.5. The second-order valence-electron chi connectivity index (χ2n) is 8.00. The number of pyridine rings is 1. The van der Waals surface area contributed by atoms with E-state index in [1.54, 1.807) is 0 Å². The van der Waals surface area contributed by atoms with Gasteiger partial charge in [0.05, 0.1) is 16.6 Å². The van der Waals surface area contributed by atoms with Crippen molar-refractivity contribution in [3.8, 4) is 6.07 Å². The van der Waals surface area contributed by atoms with E-state index in [1.807, 2.05) is 49.4 Å². The molecule has 0 amide bonds. The molecule has 0 bridgehead atoms. The highest BCUT2D eigenvalue weighted by Gasteiger charge is 2.27. The fourth-order valence-electron chi connectivity index (χ4n) is 4.57. The summed E-state index contributed by atoms with van der Waals surface area (Å²) in [5.41, 5.74) is 6.41. The van der Waals surface area contributed by atoms with Crippen molar-refractivity contribution < 1.29 is 4.39 Å². The Hall–Kier alpha value is -3.10. The van der Waals surface area contributed by atoms with E-state index in [1.165, 1.54) is 5.56 Å². The molecular weight excluding hydrogens is 411 g/mol. The maximum atomic E-state index is 13.9. The maximum absolute atomic E-state index is 13.9. The molecule has 3 heterocycles. The van der Waals surface area contributed by atoms with Gasteiger partial charge in [0.2, 0.25) is 0 Å². The summed E-state index contributed by atoms with van der Waals surface area (Å²) in [7, 11) is 0. The molecule has 0 radical (unpaired) electrons. The second-order valence-corrected chi connectivity index (χ2v) is 8.00. The Labute approximate surface area is 187 Å². The van der Waals surface area contributed by atoms with Crippen molar-refractivity contribution in [1.82, 2.24) is 9.38 Å². The average molecular weight is 435 g/mol. The van der Waals surface area contributed by atoms with Gasteiger partial charge < -0.3 is 4.90 Å². The van der Waals surface area contributed by atoms with Gasteiger partial charge >= 0.3 is 0 Å². The predicted octanol–water partition coefficient (Wildman–Crippen LogP) is 5.62. The monoisotopic (exact) mass is 434 g/mol. The zero-order valence-electron chi connectivity index (χ0n) is 17.4. The third kappa shape index (κ3) is 3.62. The number of imidazole rings is 1. The molecule has 0 unspecified atom stereocenters. The first-order chi connectivity index (χ1) is 14.7. The molecule has 0 aliphatic carbocycles. The van der Waals surface area contributed by atoms with E-state index in [-0.39, 0.29) is 12.4 Å². The summed E-state index contributed by atoms with van der Waals surface area (Å²) in [6.45, 7) is 3.34. The topological polar surface area (TPSA) is 44.3 Å². The van der Waals surface area contributed by atoms with Crippen LogP contribution in [0, 0.1) is 18.3 Å². The summed E-state index contributed by atoms with van der Waals surface area (Å²) in [5.74, 6) is 1.05. The van der Waals surface area contributed by atoms with Crippen molar-refractivity contribution in [1.29, 1.82) is 5.26 Å². The number of hydrogen-bond acceptors (Lipinski definition) is 3. The van der Waals surface area contributed by atoms with Gasteiger partial charge in [-0.1, -0.05) is 42.5 Å². The summed E-state index contributed by atoms with van der Waals surface area (Å²) in [6.07, 6.45) is 1.03. The summed E-state index contributed by atoms with van der Waals surface area (Å²) in [5, 5.41) is 10.0. The van der Waals surface area contributed by atoms with Crippen molar-refractivity contribution >= 4 is 34.9 Å². The third-order valence-corrected chi connectivity index (χ3v) is 6.15. The number of halogens is 2. The standard InChI is InChI=1S/C25H23FN4.ClH/c1-17-20(15-18-7-3-2-4-8-18)25(29-13-11-19(26)12-14-29)30-23-10-6-5-9-22(23)28-24(30)21(17)16-27;/h2-10,19H,11-15H2,1H3;1H. The Balaban J connectivity index is 0.00000231. The van der Waals surface area contributed by atoms with Crippen LogP contribution in [0.1, 0.15) is 35.1 Å². The SMILES string of the molecule is Cc1c(Cc2ccccc2)c(N2CCC(F)CC2)n2c(nc3ccccc32)c1C#N.Cl. The lowest BCUT2D eigenvalue weighted by Crippen LogP contribution is -2.36. The maximum Gasteiger partial charge on any atom is 0.157 e. The van der Waals surface area contributed by atoms with E-state index >= 15 is 0 Å². The highest BCUT2D eigenvalue weighted by Crippen LogP contribution is 2.36. The number of piperidine rings is 1. The number of para-hydroxylation sites is 2. The van der Waals surface area contributed by atoms with Crippen molar-refractivity contribution in [2.45, 2.75) is 32.4 Å². The molecule has 1 saturated heterocycles. The van der Waals surface area contributed by atoms with Crippen LogP contribution in [0.25, 0.3) is 16.7 Å². The molecule has 2 aromatic carbocycles. The second kappa shape index (κ2) is 8.56. The summed E-state index contributed by atoms with van der Waals surface area (Å²) >= 11 is 0. The minimum atomic E-state index is -0.742. The third-order valence-electron chi connectivity index (χ3n) is 6.15. The first-order valence-corrected chi connectivity index (χ1v) is 10.4. The van der Waals surface area contributed by atoms with Gasteiger partial charge in [0, 0.05) is 25.1 Å². The Morgan fingerprint density at radius 3 is 2.45 bits per heavy atom. The first-order valence-electron chi connectivity index (χ1n) is 10.4. The van der Waals surface area contributed by atoms with Crippen molar-refractivity contribution in [3.05, 3.63) is 76.9 Å². The fraction of sp³-hybridized carbons (Fsp3) is 0.280. The molecule has 0 saturated carbocycles. The number of aromatic nitrogens is 2. The molecule has 0 atom stereocenters. The van der Waals surface area contributed by atoms with Crippen LogP contribution in [0.15, 0.2) is 54.6 Å². The Morgan fingerprint density at radius 2 is 1.74 bits per heavy atom. The van der Waals surface area contributed by atoms with E-state index in [9.17, 15) is 9.65 Å². The van der Waals surface area contributed by atoms with Crippen LogP contribution < -0.4 is 4.90 Å². The number of alkyl halides is 1. The van der Waals surface area contributed by atoms with Gasteiger partial charge in [-0.3, -0.25) is 4.40 Å². The number of benzene rings is 2. The van der Waals surface area contributed by atoms with Crippen molar-refractivity contribution in [2.75, 3.05) is 18.0 Å². The van der Waals surface area contributed by atoms with Crippen LogP contribution in [0.5, 0.6) is 0 Å². The van der Waals surface area contributed by atoms with Gasteiger partial charge in [-0.15, -0.1) is 12.4 Å². The number of fused-ring (bicyclic) bond motifs is 3. The molecule has 4 nitrogen and oxygen atoms in total. The Bertz CT molecular complexity index is 1270. The van der Waals surface area contributed by atoms with Crippen LogP contribution in [0.4, 0.5) is 10.2 Å². The van der Waals surface area contributed by atoms with Gasteiger partial charge in [-0.25, -0.2) is 9.37 Å². The number of nitriles is 1. The summed E-state index contributed by atoms with van der Waals surface area (Å²) in [6, 6.07) is 20.7. The van der Waals surface area contributed by atoms with Gasteiger partial charge in [0.1, 0.15) is 18.1 Å². The number of anilines is 1. The van der Waals surface area contributed by atoms with E-state index < -0.39 is 6.17 Å². The average Bonchev–Trinajstić information content (AvgIpc) is 3.15. The predicted molar refractivity (Wildman–Crippen MR) is 125 cm³/mol. The fourth-order valence-corrected chi connectivity index (χ4v) is 4.57. The van der Waals surface area contributed by atoms with Gasteiger partial charge in [-0.2, -0.15) is 5.26 Å². The minimum Gasteiger partial charge on any atom is -0.357 e. The lowest BCUT2D eigenvalue weighted by Gasteiger charge is -2.33. The molecule has 31 heavy (non-hydrogen) atoms. The molecule has 0 N–H and O–H groups in total. The van der Waals surface area contributed by atoms with Gasteiger partial charge in [0.25, 0.3) is 0 Å². The molecule has 1 aliphatic rings. The van der Waals surface area contributed by atoms with Crippen molar-refractivity contribution in [3.63, 3.8) is 0 Å². The highest BCUT2D eigenvalue weighted by molar-refractivity contribution is 5.86. The number of hydrogen-bond donors (Lipinski definition) is 0. The zero-order chi connectivity index (χ0) is 20.7. The molecule has 6 heteroatoms. The van der Waals surface area contributed by atoms with Crippen LogP contribution in [-0.2, 0) is 6.42 Å². The molecule has 4 aromatic rings. The molecule has 158 valence electrons. The summed E-state index contributed by atoms with van der Waals surface area (Å²) in [4.78, 5) is 7.09. The van der Waals surface area contributed by atoms with E-state index in [2.05, 4.69) is 27.5 Å².